The van der Waals surface area contributed by atoms with Crippen LogP contribution >= 0.6 is 0 Å². The predicted molar refractivity (Wildman–Crippen MR) is 72.7 cm³/mol. The van der Waals surface area contributed by atoms with E-state index in [4.69, 9.17) is 0 Å². The Morgan fingerprint density at radius 1 is 1.05 bits per heavy atom. The van der Waals surface area contributed by atoms with Gasteiger partial charge in [-0.3, -0.25) is 4.79 Å². The maximum Gasteiger partial charge on any atom is 0.252 e. The van der Waals surface area contributed by atoms with E-state index in [1.807, 2.05) is 54.6 Å². The Hall–Kier alpha value is -2.13. The average molecular weight is 253 g/mol. The van der Waals surface area contributed by atoms with Crippen molar-refractivity contribution in [3.05, 3.63) is 71.3 Å². The second-order valence-corrected chi connectivity index (χ2v) is 4.78. The van der Waals surface area contributed by atoms with E-state index in [0.29, 0.717) is 12.0 Å². The fraction of sp³-hybridized carbons (Fsp3) is 0.188. The number of hydrogen-bond donors (Lipinski definition) is 2. The lowest BCUT2D eigenvalue weighted by molar-refractivity contribution is 0.0938. The minimum absolute atomic E-state index is 0.0548. The molecular formula is C16H15NO2. The molecule has 2 aromatic carbocycles. The molecule has 0 fully saturated rings. The number of fused-ring (bicyclic) bond motifs is 1. The molecule has 3 nitrogen and oxygen atoms in total. The molecule has 1 aliphatic heterocycles. The van der Waals surface area contributed by atoms with Crippen molar-refractivity contribution in [2.75, 3.05) is 0 Å². The highest BCUT2D eigenvalue weighted by Gasteiger charge is 2.29. The van der Waals surface area contributed by atoms with Crippen molar-refractivity contribution in [2.24, 2.45) is 0 Å². The van der Waals surface area contributed by atoms with Gasteiger partial charge in [-0.1, -0.05) is 48.5 Å². The number of rotatable bonds is 3. The Bertz CT molecular complexity index is 595. The normalized spacial score (nSPS) is 18.8. The average Bonchev–Trinajstić information content (AvgIpc) is 2.77. The number of carbonyl (C=O) groups is 1. The molecule has 0 bridgehead atoms. The van der Waals surface area contributed by atoms with E-state index < -0.39 is 6.10 Å². The summed E-state index contributed by atoms with van der Waals surface area (Å²) >= 11 is 0. The number of nitrogens with one attached hydrogen (secondary N) is 1. The number of carbonyl (C=O) groups excluding carboxylic acids is 1. The fourth-order valence-corrected chi connectivity index (χ4v) is 2.54. The first-order valence-electron chi connectivity index (χ1n) is 6.38. The molecule has 0 saturated carbocycles. The molecule has 0 aromatic heterocycles. The lowest BCUT2D eigenvalue weighted by Crippen LogP contribution is -2.20. The van der Waals surface area contributed by atoms with E-state index in [-0.39, 0.29) is 11.9 Å². The number of amides is 1. The van der Waals surface area contributed by atoms with Gasteiger partial charge in [0.25, 0.3) is 5.91 Å². The van der Waals surface area contributed by atoms with Gasteiger partial charge in [-0.05, 0) is 17.2 Å². The van der Waals surface area contributed by atoms with E-state index in [1.165, 1.54) is 0 Å². The summed E-state index contributed by atoms with van der Waals surface area (Å²) in [6.07, 6.45) is -0.0788. The van der Waals surface area contributed by atoms with Crippen molar-refractivity contribution in [1.82, 2.24) is 5.32 Å². The van der Waals surface area contributed by atoms with Crippen molar-refractivity contribution >= 4 is 5.91 Å². The van der Waals surface area contributed by atoms with Gasteiger partial charge in [0.05, 0.1) is 12.1 Å². The Labute approximate surface area is 111 Å². The van der Waals surface area contributed by atoms with Gasteiger partial charge in [0.1, 0.15) is 0 Å². The summed E-state index contributed by atoms with van der Waals surface area (Å²) in [6.45, 7) is 0. The minimum Gasteiger partial charge on any atom is -0.388 e. The van der Waals surface area contributed by atoms with Crippen LogP contribution in [-0.4, -0.2) is 11.0 Å². The molecule has 3 rings (SSSR count). The summed E-state index contributed by atoms with van der Waals surface area (Å²) in [5.74, 6) is -0.0548. The van der Waals surface area contributed by atoms with E-state index in [1.54, 1.807) is 0 Å². The van der Waals surface area contributed by atoms with E-state index in [2.05, 4.69) is 5.32 Å². The molecule has 0 saturated heterocycles. The van der Waals surface area contributed by atoms with Gasteiger partial charge in [0, 0.05) is 12.0 Å². The van der Waals surface area contributed by atoms with Gasteiger partial charge in [-0.25, -0.2) is 0 Å². The zero-order chi connectivity index (χ0) is 13.2. The zero-order valence-corrected chi connectivity index (χ0v) is 10.4. The Balaban J connectivity index is 1.81. The largest absolute Gasteiger partial charge is 0.388 e. The Kier molecular flexibility index (Phi) is 3.05. The van der Waals surface area contributed by atoms with Crippen LogP contribution in [0.3, 0.4) is 0 Å². The molecule has 96 valence electrons. The van der Waals surface area contributed by atoms with Crippen molar-refractivity contribution in [3.8, 4) is 0 Å². The van der Waals surface area contributed by atoms with Crippen molar-refractivity contribution < 1.29 is 9.90 Å². The highest BCUT2D eigenvalue weighted by molar-refractivity contribution is 5.99. The number of aliphatic hydroxyl groups is 1. The van der Waals surface area contributed by atoms with E-state index in [9.17, 15) is 9.90 Å². The third kappa shape index (κ3) is 2.25. The maximum atomic E-state index is 11.8. The van der Waals surface area contributed by atoms with Crippen LogP contribution in [0, 0.1) is 0 Å². The molecule has 0 spiro atoms. The van der Waals surface area contributed by atoms with Crippen LogP contribution in [0.1, 0.15) is 40.1 Å². The SMILES string of the molecule is O=C1NC(CC(O)c2ccccc2)c2ccccc21. The van der Waals surface area contributed by atoms with E-state index >= 15 is 0 Å². The van der Waals surface area contributed by atoms with Gasteiger partial charge in [0.2, 0.25) is 0 Å². The molecule has 2 atom stereocenters. The maximum absolute atomic E-state index is 11.8. The Morgan fingerprint density at radius 2 is 1.74 bits per heavy atom. The van der Waals surface area contributed by atoms with Gasteiger partial charge in [-0.2, -0.15) is 0 Å². The first-order valence-corrected chi connectivity index (χ1v) is 6.38. The van der Waals surface area contributed by atoms with Crippen molar-refractivity contribution in [2.45, 2.75) is 18.6 Å². The van der Waals surface area contributed by atoms with Crippen LogP contribution in [0.15, 0.2) is 54.6 Å². The molecule has 1 aliphatic rings. The van der Waals surface area contributed by atoms with Crippen molar-refractivity contribution in [1.29, 1.82) is 0 Å². The van der Waals surface area contributed by atoms with Crippen LogP contribution in [0.4, 0.5) is 0 Å². The Morgan fingerprint density at radius 3 is 2.53 bits per heavy atom. The molecule has 1 amide bonds. The summed E-state index contributed by atoms with van der Waals surface area (Å²) in [7, 11) is 0. The van der Waals surface area contributed by atoms with Gasteiger partial charge in [-0.15, -0.1) is 0 Å². The zero-order valence-electron chi connectivity index (χ0n) is 10.4. The molecule has 2 N–H and O–H groups in total. The van der Waals surface area contributed by atoms with Crippen molar-refractivity contribution in [3.63, 3.8) is 0 Å². The van der Waals surface area contributed by atoms with Crippen LogP contribution in [0.2, 0.25) is 0 Å². The monoisotopic (exact) mass is 253 g/mol. The van der Waals surface area contributed by atoms with Crippen LogP contribution in [-0.2, 0) is 0 Å². The summed E-state index contributed by atoms with van der Waals surface area (Å²) in [5, 5.41) is 13.2. The molecule has 2 unspecified atom stereocenters. The lowest BCUT2D eigenvalue weighted by atomic mass is 9.97. The van der Waals surface area contributed by atoms with Crippen LogP contribution in [0.5, 0.6) is 0 Å². The molecule has 1 heterocycles. The molecule has 2 aromatic rings. The third-order valence-corrected chi connectivity index (χ3v) is 3.53. The summed E-state index contributed by atoms with van der Waals surface area (Å²) < 4.78 is 0. The second-order valence-electron chi connectivity index (χ2n) is 4.78. The second kappa shape index (κ2) is 4.86. The summed E-state index contributed by atoms with van der Waals surface area (Å²) in [4.78, 5) is 11.8. The topological polar surface area (TPSA) is 49.3 Å². The highest BCUT2D eigenvalue weighted by Crippen LogP contribution is 2.32. The summed E-state index contributed by atoms with van der Waals surface area (Å²) in [6, 6.07) is 16.9. The minimum atomic E-state index is -0.572. The molecule has 0 aliphatic carbocycles. The molecular weight excluding hydrogens is 238 g/mol. The first-order chi connectivity index (χ1) is 9.25. The van der Waals surface area contributed by atoms with Crippen LogP contribution in [0.25, 0.3) is 0 Å². The molecule has 3 heteroatoms. The third-order valence-electron chi connectivity index (χ3n) is 3.53. The summed E-state index contributed by atoms with van der Waals surface area (Å²) in [5.41, 5.74) is 2.57. The highest BCUT2D eigenvalue weighted by atomic mass is 16.3. The van der Waals surface area contributed by atoms with E-state index in [0.717, 1.165) is 11.1 Å². The van der Waals surface area contributed by atoms with Crippen LogP contribution < -0.4 is 5.32 Å². The number of hydrogen-bond acceptors (Lipinski definition) is 2. The number of aliphatic hydroxyl groups excluding tert-OH is 1. The fourth-order valence-electron chi connectivity index (χ4n) is 2.54. The molecule has 0 radical (unpaired) electrons. The smallest absolute Gasteiger partial charge is 0.252 e. The lowest BCUT2D eigenvalue weighted by Gasteiger charge is -2.17. The van der Waals surface area contributed by atoms with Gasteiger partial charge >= 0.3 is 0 Å². The standard InChI is InChI=1S/C16H15NO2/c18-15(11-6-2-1-3-7-11)10-14-12-8-4-5-9-13(12)16(19)17-14/h1-9,14-15,18H,10H2,(H,17,19). The quantitative estimate of drug-likeness (QED) is 0.883. The predicted octanol–water partition coefficient (Wildman–Crippen LogP) is 2.59. The van der Waals surface area contributed by atoms with Gasteiger partial charge < -0.3 is 10.4 Å². The number of benzene rings is 2. The van der Waals surface area contributed by atoms with Gasteiger partial charge in [0.15, 0.2) is 0 Å². The first kappa shape index (κ1) is 11.9. The molecule has 19 heavy (non-hydrogen) atoms.